The third-order valence-electron chi connectivity index (χ3n) is 1.80. The third-order valence-corrected chi connectivity index (χ3v) is 2.60. The van der Waals surface area contributed by atoms with Gasteiger partial charge in [-0.25, -0.2) is 4.98 Å². The van der Waals surface area contributed by atoms with E-state index in [1.165, 1.54) is 11.5 Å². The van der Waals surface area contributed by atoms with Crippen molar-refractivity contribution in [2.45, 2.75) is 6.92 Å². The van der Waals surface area contributed by atoms with Gasteiger partial charge in [-0.2, -0.15) is 4.37 Å². The fourth-order valence-electron chi connectivity index (χ4n) is 1.21. The van der Waals surface area contributed by atoms with Crippen LogP contribution < -0.4 is 4.74 Å². The molecule has 1 aromatic heterocycles. The fraction of sp³-hybridized carbons (Fsp3) is 0.200. The van der Waals surface area contributed by atoms with Crippen molar-refractivity contribution in [1.82, 2.24) is 9.36 Å². The van der Waals surface area contributed by atoms with Gasteiger partial charge in [-0.05, 0) is 42.2 Å². The van der Waals surface area contributed by atoms with E-state index in [1.54, 1.807) is 0 Å². The molecule has 0 atom stereocenters. The second-order valence-corrected chi connectivity index (χ2v) is 4.17. The standard InChI is InChI=1S/C10H9ClN2OS/c1-2-14-8-5-3-4-7(6-8)9-12-10(11)15-13-9/h3-6H,2H2,1H3. The number of ether oxygens (including phenoxy) is 1. The normalized spacial score (nSPS) is 10.3. The Labute approximate surface area is 96.9 Å². The first-order chi connectivity index (χ1) is 7.29. The van der Waals surface area contributed by atoms with Crippen LogP contribution in [0.25, 0.3) is 11.4 Å². The van der Waals surface area contributed by atoms with Gasteiger partial charge in [-0.1, -0.05) is 12.1 Å². The number of halogens is 1. The maximum absolute atomic E-state index is 5.72. The molecule has 0 aliphatic rings. The number of hydrogen-bond donors (Lipinski definition) is 0. The first-order valence-electron chi connectivity index (χ1n) is 4.52. The van der Waals surface area contributed by atoms with Crippen molar-refractivity contribution in [3.63, 3.8) is 0 Å². The molecule has 2 rings (SSSR count). The van der Waals surface area contributed by atoms with Gasteiger partial charge >= 0.3 is 0 Å². The third kappa shape index (κ3) is 2.46. The molecule has 1 aromatic carbocycles. The van der Waals surface area contributed by atoms with Crippen LogP contribution >= 0.6 is 23.1 Å². The van der Waals surface area contributed by atoms with E-state index in [-0.39, 0.29) is 0 Å². The molecule has 0 spiro atoms. The van der Waals surface area contributed by atoms with Gasteiger partial charge in [-0.3, -0.25) is 0 Å². The highest BCUT2D eigenvalue weighted by Crippen LogP contribution is 2.24. The number of nitrogens with zero attached hydrogens (tertiary/aromatic N) is 2. The Bertz CT molecular complexity index is 458. The van der Waals surface area contributed by atoms with Crippen LogP contribution in [0.4, 0.5) is 0 Å². The average Bonchev–Trinajstić information content (AvgIpc) is 2.66. The molecule has 15 heavy (non-hydrogen) atoms. The highest BCUT2D eigenvalue weighted by molar-refractivity contribution is 7.10. The average molecular weight is 241 g/mol. The molecule has 5 heteroatoms. The van der Waals surface area contributed by atoms with E-state index in [2.05, 4.69) is 9.36 Å². The molecule has 0 aliphatic carbocycles. The van der Waals surface area contributed by atoms with Gasteiger partial charge in [0, 0.05) is 5.56 Å². The SMILES string of the molecule is CCOc1cccc(-c2nsc(Cl)n2)c1. The van der Waals surface area contributed by atoms with E-state index in [0.29, 0.717) is 16.9 Å². The van der Waals surface area contributed by atoms with Gasteiger partial charge in [0.1, 0.15) is 5.75 Å². The van der Waals surface area contributed by atoms with Crippen LogP contribution in [-0.4, -0.2) is 16.0 Å². The van der Waals surface area contributed by atoms with Gasteiger partial charge in [0.05, 0.1) is 6.61 Å². The second-order valence-electron chi connectivity index (χ2n) is 2.83. The lowest BCUT2D eigenvalue weighted by molar-refractivity contribution is 0.340. The van der Waals surface area contributed by atoms with E-state index >= 15 is 0 Å². The minimum Gasteiger partial charge on any atom is -0.494 e. The Hall–Kier alpha value is -1.13. The summed E-state index contributed by atoms with van der Waals surface area (Å²) in [7, 11) is 0. The molecule has 2 aromatic rings. The zero-order valence-electron chi connectivity index (χ0n) is 8.11. The molecule has 0 N–H and O–H groups in total. The Morgan fingerprint density at radius 2 is 2.33 bits per heavy atom. The summed E-state index contributed by atoms with van der Waals surface area (Å²) in [6.07, 6.45) is 0. The maximum Gasteiger partial charge on any atom is 0.203 e. The molecule has 1 heterocycles. The van der Waals surface area contributed by atoms with Crippen molar-refractivity contribution in [1.29, 1.82) is 0 Å². The van der Waals surface area contributed by atoms with Crippen LogP contribution in [0.2, 0.25) is 4.47 Å². The second kappa shape index (κ2) is 4.59. The van der Waals surface area contributed by atoms with Gasteiger partial charge in [0.2, 0.25) is 4.47 Å². The van der Waals surface area contributed by atoms with E-state index in [9.17, 15) is 0 Å². The van der Waals surface area contributed by atoms with Gasteiger partial charge in [0.25, 0.3) is 0 Å². The quantitative estimate of drug-likeness (QED) is 0.826. The molecule has 78 valence electrons. The highest BCUT2D eigenvalue weighted by Gasteiger charge is 2.05. The lowest BCUT2D eigenvalue weighted by Crippen LogP contribution is -1.91. The molecule has 0 radical (unpaired) electrons. The molecule has 0 saturated heterocycles. The largest absolute Gasteiger partial charge is 0.494 e. The smallest absolute Gasteiger partial charge is 0.203 e. The summed E-state index contributed by atoms with van der Waals surface area (Å²) in [5.41, 5.74) is 0.920. The summed E-state index contributed by atoms with van der Waals surface area (Å²) < 4.78 is 9.97. The molecular weight excluding hydrogens is 232 g/mol. The number of benzene rings is 1. The van der Waals surface area contributed by atoms with Crippen molar-refractivity contribution >= 4 is 23.1 Å². The maximum atomic E-state index is 5.72. The lowest BCUT2D eigenvalue weighted by atomic mass is 10.2. The van der Waals surface area contributed by atoms with Crippen LogP contribution in [0.3, 0.4) is 0 Å². The summed E-state index contributed by atoms with van der Waals surface area (Å²) in [4.78, 5) is 4.10. The van der Waals surface area contributed by atoms with Crippen molar-refractivity contribution in [3.05, 3.63) is 28.7 Å². The van der Waals surface area contributed by atoms with Crippen molar-refractivity contribution in [2.24, 2.45) is 0 Å². The molecule has 0 fully saturated rings. The fourth-order valence-corrected chi connectivity index (χ4v) is 1.83. The van der Waals surface area contributed by atoms with Crippen molar-refractivity contribution in [3.8, 4) is 17.1 Å². The Kier molecular flexibility index (Phi) is 3.18. The van der Waals surface area contributed by atoms with E-state index < -0.39 is 0 Å². The molecule has 3 nitrogen and oxygen atoms in total. The number of rotatable bonds is 3. The Morgan fingerprint density at radius 1 is 1.47 bits per heavy atom. The van der Waals surface area contributed by atoms with Crippen LogP contribution in [0.1, 0.15) is 6.92 Å². The lowest BCUT2D eigenvalue weighted by Gasteiger charge is -2.03. The highest BCUT2D eigenvalue weighted by atomic mass is 35.5. The monoisotopic (exact) mass is 240 g/mol. The zero-order valence-corrected chi connectivity index (χ0v) is 9.68. The van der Waals surface area contributed by atoms with Gasteiger partial charge in [0.15, 0.2) is 5.82 Å². The van der Waals surface area contributed by atoms with Crippen LogP contribution in [0.15, 0.2) is 24.3 Å². The molecule has 0 amide bonds. The van der Waals surface area contributed by atoms with E-state index in [0.717, 1.165) is 11.3 Å². The van der Waals surface area contributed by atoms with Crippen LogP contribution in [-0.2, 0) is 0 Å². The molecule has 0 unspecified atom stereocenters. The van der Waals surface area contributed by atoms with Crippen molar-refractivity contribution in [2.75, 3.05) is 6.61 Å². The summed E-state index contributed by atoms with van der Waals surface area (Å²) in [5.74, 6) is 1.47. The minimum absolute atomic E-state index is 0.451. The summed E-state index contributed by atoms with van der Waals surface area (Å²) in [5, 5.41) is 0. The molecule has 0 aliphatic heterocycles. The van der Waals surface area contributed by atoms with Crippen LogP contribution in [0, 0.1) is 0 Å². The Balaban J connectivity index is 2.32. The van der Waals surface area contributed by atoms with Crippen LogP contribution in [0.5, 0.6) is 5.75 Å². The predicted octanol–water partition coefficient (Wildman–Crippen LogP) is 3.26. The zero-order chi connectivity index (χ0) is 10.7. The van der Waals surface area contributed by atoms with Crippen molar-refractivity contribution < 1.29 is 4.74 Å². The molecule has 0 bridgehead atoms. The first-order valence-corrected chi connectivity index (χ1v) is 5.67. The molecule has 0 saturated carbocycles. The summed E-state index contributed by atoms with van der Waals surface area (Å²) >= 11 is 6.91. The minimum atomic E-state index is 0.451. The van der Waals surface area contributed by atoms with Gasteiger partial charge < -0.3 is 4.74 Å². The Morgan fingerprint density at radius 3 is 3.00 bits per heavy atom. The number of aromatic nitrogens is 2. The predicted molar refractivity (Wildman–Crippen MR) is 61.5 cm³/mol. The molecular formula is C10H9ClN2OS. The topological polar surface area (TPSA) is 35.0 Å². The summed E-state index contributed by atoms with van der Waals surface area (Å²) in [6, 6.07) is 7.65. The van der Waals surface area contributed by atoms with E-state index in [4.69, 9.17) is 16.3 Å². The van der Waals surface area contributed by atoms with Gasteiger partial charge in [-0.15, -0.1) is 0 Å². The van der Waals surface area contributed by atoms with E-state index in [1.807, 2.05) is 31.2 Å². The summed E-state index contributed by atoms with van der Waals surface area (Å²) in [6.45, 7) is 2.60. The first kappa shape index (κ1) is 10.4. The number of hydrogen-bond acceptors (Lipinski definition) is 4.